The topological polar surface area (TPSA) is 82.6 Å². The Morgan fingerprint density at radius 3 is 2.56 bits per heavy atom. The zero-order chi connectivity index (χ0) is 23.8. The molecule has 2 heterocycles. The van der Waals surface area contributed by atoms with Gasteiger partial charge in [-0.05, 0) is 59.8 Å². The van der Waals surface area contributed by atoms with Gasteiger partial charge in [0.05, 0.1) is 13.1 Å². The molecule has 176 valence electrons. The molecule has 0 bridgehead atoms. The van der Waals surface area contributed by atoms with Crippen LogP contribution in [0.25, 0.3) is 0 Å². The number of rotatable bonds is 10. The number of fused-ring (bicyclic) bond motifs is 1. The van der Waals surface area contributed by atoms with Crippen LogP contribution in [0.2, 0.25) is 0 Å². The average Bonchev–Trinajstić information content (AvgIpc) is 3.53. The van der Waals surface area contributed by atoms with E-state index in [1.54, 1.807) is 23.5 Å². The van der Waals surface area contributed by atoms with Crippen molar-refractivity contribution in [3.8, 4) is 0 Å². The van der Waals surface area contributed by atoms with Crippen LogP contribution in [0.1, 0.15) is 69.3 Å². The van der Waals surface area contributed by atoms with Gasteiger partial charge in [-0.25, -0.2) is 0 Å². The van der Waals surface area contributed by atoms with Crippen molar-refractivity contribution < 1.29 is 9.59 Å². The first-order chi connectivity index (χ1) is 16.6. The third-order valence-electron chi connectivity index (χ3n) is 5.78. The number of nitrogens with one attached hydrogen (secondary N) is 3. The van der Waals surface area contributed by atoms with E-state index in [-0.39, 0.29) is 11.8 Å². The maximum absolute atomic E-state index is 12.8. The maximum Gasteiger partial charge on any atom is 0.256 e. The van der Waals surface area contributed by atoms with Gasteiger partial charge < -0.3 is 16.0 Å². The second kappa shape index (κ2) is 11.6. The van der Waals surface area contributed by atoms with Crippen molar-refractivity contribution in [3.63, 3.8) is 0 Å². The fourth-order valence-electron chi connectivity index (χ4n) is 3.82. The Morgan fingerprint density at radius 2 is 1.79 bits per heavy atom. The highest BCUT2D eigenvalue weighted by molar-refractivity contribution is 7.09. The number of hydrogen-bond donors (Lipinski definition) is 3. The fraction of sp³-hybridized carbons (Fsp3) is 0.296. The van der Waals surface area contributed by atoms with E-state index in [0.717, 1.165) is 34.7 Å². The van der Waals surface area contributed by atoms with Gasteiger partial charge in [0, 0.05) is 33.8 Å². The molecule has 34 heavy (non-hydrogen) atoms. The largest absolute Gasteiger partial charge is 0.385 e. The van der Waals surface area contributed by atoms with Gasteiger partial charge >= 0.3 is 0 Å². The molecule has 2 amide bonds. The van der Waals surface area contributed by atoms with Crippen molar-refractivity contribution >= 4 is 34.7 Å². The van der Waals surface area contributed by atoms with E-state index in [0.29, 0.717) is 30.1 Å². The second-order valence-corrected chi connectivity index (χ2v) is 9.35. The van der Waals surface area contributed by atoms with Crippen LogP contribution in [-0.4, -0.2) is 24.2 Å². The SMILES string of the molecule is CCCCCCNc1ccc(C(=O)NC2=NCc3ccc(C(=O)NCc4cccs4)cc32)cc1. The molecule has 1 aliphatic heterocycles. The summed E-state index contributed by atoms with van der Waals surface area (Å²) in [5.74, 6) is 0.145. The Balaban J connectivity index is 1.34. The van der Waals surface area contributed by atoms with E-state index in [9.17, 15) is 9.59 Å². The van der Waals surface area contributed by atoms with Crippen LogP contribution < -0.4 is 16.0 Å². The highest BCUT2D eigenvalue weighted by atomic mass is 32.1. The predicted octanol–water partition coefficient (Wildman–Crippen LogP) is 5.36. The average molecular weight is 475 g/mol. The third kappa shape index (κ3) is 6.11. The van der Waals surface area contributed by atoms with Crippen molar-refractivity contribution in [1.82, 2.24) is 10.6 Å². The number of nitrogens with zero attached hydrogens (tertiary/aromatic N) is 1. The van der Waals surface area contributed by atoms with Gasteiger partial charge in [0.25, 0.3) is 11.8 Å². The van der Waals surface area contributed by atoms with Crippen LogP contribution in [0.3, 0.4) is 0 Å². The van der Waals surface area contributed by atoms with Gasteiger partial charge in [0.1, 0.15) is 5.84 Å². The molecular weight excluding hydrogens is 444 g/mol. The molecular formula is C27H30N4O2S. The van der Waals surface area contributed by atoms with Crippen LogP contribution in [0, 0.1) is 0 Å². The summed E-state index contributed by atoms with van der Waals surface area (Å²) in [5, 5.41) is 11.2. The number of amides is 2. The minimum Gasteiger partial charge on any atom is -0.385 e. The summed E-state index contributed by atoms with van der Waals surface area (Å²) in [5.41, 5.74) is 3.91. The van der Waals surface area contributed by atoms with Gasteiger partial charge in [-0.1, -0.05) is 38.3 Å². The van der Waals surface area contributed by atoms with E-state index < -0.39 is 0 Å². The summed E-state index contributed by atoms with van der Waals surface area (Å²) in [6.45, 7) is 4.12. The number of amidine groups is 1. The van der Waals surface area contributed by atoms with Gasteiger partial charge in [-0.2, -0.15) is 0 Å². The first-order valence-corrected chi connectivity index (χ1v) is 12.7. The van der Waals surface area contributed by atoms with E-state index >= 15 is 0 Å². The Bertz CT molecular complexity index is 1150. The maximum atomic E-state index is 12.8. The molecule has 0 radical (unpaired) electrons. The highest BCUT2D eigenvalue weighted by Gasteiger charge is 2.20. The summed E-state index contributed by atoms with van der Waals surface area (Å²) < 4.78 is 0. The first-order valence-electron chi connectivity index (χ1n) is 11.8. The molecule has 0 aliphatic carbocycles. The van der Waals surface area contributed by atoms with E-state index in [1.165, 1.54) is 19.3 Å². The molecule has 0 fully saturated rings. The van der Waals surface area contributed by atoms with Gasteiger partial charge in [-0.15, -0.1) is 11.3 Å². The first kappa shape index (κ1) is 23.7. The third-order valence-corrected chi connectivity index (χ3v) is 6.65. The lowest BCUT2D eigenvalue weighted by Gasteiger charge is -2.10. The molecule has 7 heteroatoms. The van der Waals surface area contributed by atoms with Gasteiger partial charge in [-0.3, -0.25) is 14.6 Å². The minimum atomic E-state index is -0.214. The van der Waals surface area contributed by atoms with E-state index in [1.807, 2.05) is 47.8 Å². The highest BCUT2D eigenvalue weighted by Crippen LogP contribution is 2.20. The quantitative estimate of drug-likeness (QED) is 0.346. The fourth-order valence-corrected chi connectivity index (χ4v) is 4.46. The van der Waals surface area contributed by atoms with Crippen LogP contribution in [-0.2, 0) is 13.1 Å². The number of anilines is 1. The zero-order valence-electron chi connectivity index (χ0n) is 19.4. The molecule has 0 saturated carbocycles. The lowest BCUT2D eigenvalue weighted by atomic mass is 10.0. The second-order valence-electron chi connectivity index (χ2n) is 8.32. The minimum absolute atomic E-state index is 0.147. The molecule has 0 spiro atoms. The number of benzene rings is 2. The summed E-state index contributed by atoms with van der Waals surface area (Å²) >= 11 is 1.61. The molecule has 2 aromatic carbocycles. The number of unbranched alkanes of at least 4 members (excludes halogenated alkanes) is 3. The number of hydrogen-bond acceptors (Lipinski definition) is 5. The molecule has 6 nitrogen and oxygen atoms in total. The summed E-state index contributed by atoms with van der Waals surface area (Å²) in [7, 11) is 0. The summed E-state index contributed by atoms with van der Waals surface area (Å²) in [4.78, 5) is 31.0. The molecule has 0 saturated heterocycles. The van der Waals surface area contributed by atoms with Gasteiger partial charge in [0.15, 0.2) is 0 Å². The smallest absolute Gasteiger partial charge is 0.256 e. The summed E-state index contributed by atoms with van der Waals surface area (Å²) in [6.07, 6.45) is 4.85. The van der Waals surface area contributed by atoms with E-state index in [4.69, 9.17) is 0 Å². The van der Waals surface area contributed by atoms with Crippen molar-refractivity contribution in [1.29, 1.82) is 0 Å². The van der Waals surface area contributed by atoms with Crippen LogP contribution >= 0.6 is 11.3 Å². The molecule has 3 aromatic rings. The van der Waals surface area contributed by atoms with Gasteiger partial charge in [0.2, 0.25) is 0 Å². The Labute approximate surface area is 204 Å². The normalized spacial score (nSPS) is 12.1. The van der Waals surface area contributed by atoms with Crippen LogP contribution in [0.5, 0.6) is 0 Å². The monoisotopic (exact) mass is 474 g/mol. The molecule has 1 aromatic heterocycles. The molecule has 0 atom stereocenters. The van der Waals surface area contributed by atoms with Crippen molar-refractivity contribution in [2.45, 2.75) is 45.7 Å². The van der Waals surface area contributed by atoms with Crippen molar-refractivity contribution in [2.24, 2.45) is 4.99 Å². The molecule has 0 unspecified atom stereocenters. The number of carbonyl (C=O) groups excluding carboxylic acids is 2. The Morgan fingerprint density at radius 1 is 0.971 bits per heavy atom. The zero-order valence-corrected chi connectivity index (χ0v) is 20.2. The Kier molecular flexibility index (Phi) is 8.09. The van der Waals surface area contributed by atoms with E-state index in [2.05, 4.69) is 27.9 Å². The number of aliphatic imine (C=N–C) groups is 1. The lowest BCUT2D eigenvalue weighted by molar-refractivity contribution is 0.0949. The van der Waals surface area contributed by atoms with Crippen LogP contribution in [0.15, 0.2) is 65.0 Å². The van der Waals surface area contributed by atoms with Crippen molar-refractivity contribution in [3.05, 3.63) is 87.1 Å². The molecule has 4 rings (SSSR count). The predicted molar refractivity (Wildman–Crippen MR) is 139 cm³/mol. The molecule has 1 aliphatic rings. The van der Waals surface area contributed by atoms with Crippen LogP contribution in [0.4, 0.5) is 5.69 Å². The number of carbonyl (C=O) groups is 2. The standard InChI is InChI=1S/C27H30N4O2S/c1-2-3-4-5-14-28-22-12-10-19(11-13-22)27(33)31-25-24-16-20(8-9-21(24)17-29-25)26(32)30-18-23-7-6-15-34-23/h6-13,15-16,28H,2-5,14,17-18H2,1H3,(H,30,32)(H,29,31,33). The molecule has 3 N–H and O–H groups in total. The summed E-state index contributed by atoms with van der Waals surface area (Å²) in [6, 6.07) is 16.9. The lowest BCUT2D eigenvalue weighted by Crippen LogP contribution is -2.30. The Hall–Kier alpha value is -3.45. The van der Waals surface area contributed by atoms with Crippen molar-refractivity contribution in [2.75, 3.05) is 11.9 Å². The number of thiophene rings is 1.